The Kier molecular flexibility index (Phi) is 16.5. The van der Waals surface area contributed by atoms with Gasteiger partial charge in [0.2, 0.25) is 22.8 Å². The summed E-state index contributed by atoms with van der Waals surface area (Å²) < 4.78 is 28.7. The van der Waals surface area contributed by atoms with E-state index in [4.69, 9.17) is 30.4 Å². The van der Waals surface area contributed by atoms with Gasteiger partial charge in [-0.05, 0) is 0 Å². The summed E-state index contributed by atoms with van der Waals surface area (Å²) in [5, 5.41) is 106. The van der Waals surface area contributed by atoms with E-state index < -0.39 is 120 Å². The van der Waals surface area contributed by atoms with Gasteiger partial charge in [0, 0.05) is 23.7 Å². The smallest absolute Gasteiger partial charge is 0.280 e. The van der Waals surface area contributed by atoms with E-state index in [0.29, 0.717) is 16.8 Å². The van der Waals surface area contributed by atoms with Crippen molar-refractivity contribution in [1.29, 1.82) is 15.8 Å². The average Bonchev–Trinajstić information content (AvgIpc) is 3.86. The lowest BCUT2D eigenvalue weighted by atomic mass is 9.91. The van der Waals surface area contributed by atoms with E-state index in [9.17, 15) is 71.0 Å². The quantitative estimate of drug-likeness (QED) is 0.0615. The summed E-state index contributed by atoms with van der Waals surface area (Å²) in [5.41, 5.74) is 5.80. The molecule has 0 spiro atoms. The number of nitrogen functional groups attached to an aromatic ring is 2. The fourth-order valence-corrected chi connectivity index (χ4v) is 10.6. The van der Waals surface area contributed by atoms with Crippen molar-refractivity contribution in [3.05, 3.63) is 88.0 Å². The van der Waals surface area contributed by atoms with Crippen molar-refractivity contribution in [3.8, 4) is 18.2 Å². The Morgan fingerprint density at radius 2 is 0.906 bits per heavy atom. The molecular weight excluding hydrogens is 1120 g/mol. The fraction of sp³-hybridized carbons (Fsp3) is 0.490. The summed E-state index contributed by atoms with van der Waals surface area (Å²) in [6.45, 7) is 8.19. The van der Waals surface area contributed by atoms with Gasteiger partial charge in [0.05, 0.1) is 70.5 Å². The molecule has 0 bridgehead atoms. The maximum atomic E-state index is 11.8. The van der Waals surface area contributed by atoms with Gasteiger partial charge < -0.3 is 81.2 Å². The van der Waals surface area contributed by atoms with Crippen LogP contribution in [0.15, 0.2) is 71.3 Å². The Hall–Kier alpha value is -9.07. The summed E-state index contributed by atoms with van der Waals surface area (Å²) >= 11 is 0. The highest BCUT2D eigenvalue weighted by Gasteiger charge is 2.57. The molecule has 12 heterocycles. The minimum absolute atomic E-state index is 0.0675. The van der Waals surface area contributed by atoms with E-state index >= 15 is 0 Å². The molecule has 4 saturated heterocycles. The van der Waals surface area contributed by atoms with Gasteiger partial charge in [0.15, 0.2) is 45.0 Å². The molecule has 0 aromatic carbocycles. The zero-order valence-electron chi connectivity index (χ0n) is 45.3. The number of nitrogens with one attached hydrogen (secondary N) is 3. The van der Waals surface area contributed by atoms with Crippen LogP contribution in [-0.2, 0) is 18.9 Å². The minimum atomic E-state index is -1.73. The number of H-pyrrole nitrogens is 3. The van der Waals surface area contributed by atoms with Crippen molar-refractivity contribution in [2.24, 2.45) is 23.7 Å². The second-order valence-corrected chi connectivity index (χ2v) is 20.5. The van der Waals surface area contributed by atoms with Crippen LogP contribution in [0.1, 0.15) is 52.6 Å². The van der Waals surface area contributed by atoms with Gasteiger partial charge in [-0.3, -0.25) is 37.6 Å². The second-order valence-electron chi connectivity index (χ2n) is 20.5. The van der Waals surface area contributed by atoms with Crippen LogP contribution >= 0.6 is 0 Å². The number of hydrogen-bond donors (Lipinski definition) is 13. The first-order chi connectivity index (χ1) is 40.5. The number of hydrogen-bond acceptors (Lipinski definition) is 29. The first-order valence-corrected chi connectivity index (χ1v) is 25.7. The number of aromatic nitrogens is 16. The number of aromatic amines is 3. The highest BCUT2D eigenvalue weighted by molar-refractivity contribution is 5.81. The number of aliphatic hydroxyl groups is 8. The molecule has 36 heteroatoms. The van der Waals surface area contributed by atoms with Crippen LogP contribution in [-0.4, -0.2) is 192 Å². The number of ether oxygens (including phenoxy) is 4. The lowest BCUT2D eigenvalue weighted by Crippen LogP contribution is -2.43. The van der Waals surface area contributed by atoms with E-state index in [1.807, 2.05) is 12.1 Å². The molecule has 0 saturated carbocycles. The maximum Gasteiger partial charge on any atom is 0.280 e. The van der Waals surface area contributed by atoms with Crippen molar-refractivity contribution in [2.45, 2.75) is 99.4 Å². The van der Waals surface area contributed by atoms with Crippen LogP contribution in [0.4, 0.5) is 11.8 Å². The molecule has 0 amide bonds. The van der Waals surface area contributed by atoms with Crippen LogP contribution in [0.25, 0.3) is 44.7 Å². The van der Waals surface area contributed by atoms with Gasteiger partial charge in [0.25, 0.3) is 16.7 Å². The number of fused-ring (bicyclic) bond motifs is 4. The monoisotopic (exact) mass is 1180 g/mol. The van der Waals surface area contributed by atoms with E-state index in [1.165, 1.54) is 59.5 Å². The van der Waals surface area contributed by atoms with Crippen LogP contribution in [0.3, 0.4) is 0 Å². The Bertz CT molecular complexity index is 4110. The third kappa shape index (κ3) is 9.87. The zero-order valence-corrected chi connectivity index (χ0v) is 45.3. The minimum Gasteiger partial charge on any atom is -0.393 e. The molecule has 4 fully saturated rings. The molecule has 36 nitrogen and oxygen atoms in total. The number of aliphatic hydroxyl groups excluding tert-OH is 8. The summed E-state index contributed by atoms with van der Waals surface area (Å²) in [5.74, 6) is -1.65. The van der Waals surface area contributed by atoms with Crippen LogP contribution in [0.2, 0.25) is 0 Å². The van der Waals surface area contributed by atoms with Gasteiger partial charge in [0.1, 0.15) is 78.9 Å². The van der Waals surface area contributed by atoms with Gasteiger partial charge in [-0.1, -0.05) is 33.8 Å². The van der Waals surface area contributed by atoms with E-state index in [-0.39, 0.29) is 57.7 Å². The Labute approximate surface area is 476 Å². The predicted molar refractivity (Wildman–Crippen MR) is 286 cm³/mol. The van der Waals surface area contributed by atoms with Gasteiger partial charge >= 0.3 is 0 Å². The second kappa shape index (κ2) is 23.2. The van der Waals surface area contributed by atoms with E-state index in [1.54, 1.807) is 42.9 Å². The van der Waals surface area contributed by atoms with E-state index in [2.05, 4.69) is 66.4 Å². The number of nitriles is 3. The number of nitrogens with zero attached hydrogens (tertiary/aromatic N) is 16. The summed E-state index contributed by atoms with van der Waals surface area (Å²) in [4.78, 5) is 78.5. The SMILES string of the molecule is C=C[C@]1(CO)O[C@@H](n2cnc3c(=O)[nH]cnc32)[C@@H](C)[C@@H]1O.C[C@@H]1[C@H](n2cnc3c(=O)[nH]c(N)nc32)O[C@](C#N)(CO)[C@H]1O.C[C@@H]1[C@H](n2cnc3c(=O)[nH]cnc32)O[C@](C#N)(CO)[C@H]1O.C[C@@H]1[C@H](n2cnc3c(N)ncnc32)O[C@](C#N)(CO)[C@H]1O. The first kappa shape index (κ1) is 60.5. The number of rotatable bonds is 9. The van der Waals surface area contributed by atoms with Crippen molar-refractivity contribution in [3.63, 3.8) is 0 Å². The molecular formula is C49H57N21O15. The van der Waals surface area contributed by atoms with Crippen molar-refractivity contribution in [1.82, 2.24) is 78.1 Å². The molecule has 12 rings (SSSR count). The topological polar surface area (TPSA) is 556 Å². The van der Waals surface area contributed by atoms with Crippen molar-refractivity contribution in [2.75, 3.05) is 37.9 Å². The molecule has 4 aliphatic rings. The highest BCUT2D eigenvalue weighted by Crippen LogP contribution is 2.45. The molecule has 8 aromatic rings. The van der Waals surface area contributed by atoms with Crippen LogP contribution < -0.4 is 28.1 Å². The molecule has 15 N–H and O–H groups in total. The third-order valence-electron chi connectivity index (χ3n) is 15.6. The third-order valence-corrected chi connectivity index (χ3v) is 15.6. The maximum absolute atomic E-state index is 11.8. The molecule has 0 radical (unpaired) electrons. The molecule has 85 heavy (non-hydrogen) atoms. The molecule has 8 aromatic heterocycles. The summed E-state index contributed by atoms with van der Waals surface area (Å²) in [6.07, 6.45) is 3.52. The number of anilines is 2. The van der Waals surface area contributed by atoms with E-state index in [0.717, 1.165) is 0 Å². The Morgan fingerprint density at radius 1 is 0.541 bits per heavy atom. The standard InChI is InChI=1S/C13H16N4O4.C12H14N6O4.C12H14N6O3.C12H13N5O4/c1-3-13(4-18)9(19)7(2)12(21-13)17-6-16-8-10(17)14-5-15-11(8)20;1-5-7(20)12(2-13,3-19)22-10(5)18-4-15-6-8(18)16-11(14)17-9(6)21;1-6-8(20)12(2-13,3-19)21-11(6)18-5-17-7-9(14)15-4-16-10(7)18;1-6-8(19)12(2-13,3-18)21-11(6)17-5-16-7-9(17)14-4-15-10(7)20/h3,5-7,9,12,18-19H,1,4H2,2H3,(H,14,15,20);4-5,7,10,19-20H,3H2,1H3,(H3,14,16,17,21);4-6,8,11,19-20H,3H2,1H3,(H2,14,15,16);4-6,8,11,18-19H,3H2,1H3,(H,14,15,20)/t7-,9-,12+,13+;5-,7-,10+,12+;2*6-,8-,11+,12+/m0000/s1. The van der Waals surface area contributed by atoms with Gasteiger partial charge in [-0.2, -0.15) is 20.8 Å². The number of nitrogens with two attached hydrogens (primary N) is 2. The van der Waals surface area contributed by atoms with Crippen LogP contribution in [0.5, 0.6) is 0 Å². The molecule has 448 valence electrons. The normalized spacial score (nSPS) is 32.2. The zero-order chi connectivity index (χ0) is 61.7. The van der Waals surface area contributed by atoms with Gasteiger partial charge in [-0.15, -0.1) is 6.58 Å². The highest BCUT2D eigenvalue weighted by atomic mass is 16.6. The average molecular weight is 1180 g/mol. The molecule has 0 unspecified atom stereocenters. The Morgan fingerprint density at radius 3 is 1.27 bits per heavy atom. The molecule has 0 aliphatic carbocycles. The first-order valence-electron chi connectivity index (χ1n) is 25.7. The molecule has 16 atom stereocenters. The van der Waals surface area contributed by atoms with Gasteiger partial charge in [-0.25, -0.2) is 39.9 Å². The lowest BCUT2D eigenvalue weighted by Gasteiger charge is -2.26. The molecule has 4 aliphatic heterocycles. The van der Waals surface area contributed by atoms with Crippen molar-refractivity contribution >= 4 is 56.4 Å². The largest absolute Gasteiger partial charge is 0.393 e. The lowest BCUT2D eigenvalue weighted by molar-refractivity contribution is -0.0957. The number of imidazole rings is 4. The summed E-state index contributed by atoms with van der Waals surface area (Å²) in [7, 11) is 0. The summed E-state index contributed by atoms with van der Waals surface area (Å²) in [6, 6.07) is 5.46. The fourth-order valence-electron chi connectivity index (χ4n) is 10.6. The Balaban J connectivity index is 0.000000136. The van der Waals surface area contributed by atoms with Crippen molar-refractivity contribution < 1.29 is 59.8 Å². The van der Waals surface area contributed by atoms with Crippen LogP contribution in [0, 0.1) is 57.7 Å². The predicted octanol–water partition coefficient (Wildman–Crippen LogP) is -3.87.